The molecule has 2 amide bonds. The van der Waals surface area contributed by atoms with Crippen molar-refractivity contribution in [2.24, 2.45) is 0 Å². The van der Waals surface area contributed by atoms with Crippen LogP contribution in [0.1, 0.15) is 12.8 Å². The molecule has 0 spiro atoms. The maximum absolute atomic E-state index is 12.5. The Morgan fingerprint density at radius 3 is 2.39 bits per heavy atom. The lowest BCUT2D eigenvalue weighted by atomic mass is 10.1. The number of benzene rings is 2. The van der Waals surface area contributed by atoms with Gasteiger partial charge in [0.1, 0.15) is 23.4 Å². The van der Waals surface area contributed by atoms with E-state index in [1.54, 1.807) is 51.6 Å². The molecule has 1 saturated heterocycles. The van der Waals surface area contributed by atoms with Crippen LogP contribution in [-0.4, -0.2) is 75.7 Å². The van der Waals surface area contributed by atoms with Crippen LogP contribution in [0.3, 0.4) is 0 Å². The van der Waals surface area contributed by atoms with E-state index < -0.39 is 6.10 Å². The van der Waals surface area contributed by atoms with Crippen LogP contribution >= 0.6 is 11.6 Å². The minimum absolute atomic E-state index is 0.128. The summed E-state index contributed by atoms with van der Waals surface area (Å²) in [6.45, 7) is 2.64. The summed E-state index contributed by atoms with van der Waals surface area (Å²) in [5, 5.41) is 13.9. The van der Waals surface area contributed by atoms with Crippen LogP contribution in [0, 0.1) is 0 Å². The van der Waals surface area contributed by atoms with Crippen LogP contribution in [0.5, 0.6) is 17.2 Å². The van der Waals surface area contributed by atoms with E-state index in [-0.39, 0.29) is 12.1 Å². The number of urea groups is 1. The fourth-order valence-electron chi connectivity index (χ4n) is 3.60. The van der Waals surface area contributed by atoms with E-state index in [0.717, 1.165) is 18.8 Å². The average Bonchev–Trinajstić information content (AvgIpc) is 2.80. The fraction of sp³-hybridized carbons (Fsp3) is 0.458. The number of hydrogen-bond acceptors (Lipinski definition) is 6. The van der Waals surface area contributed by atoms with E-state index in [4.69, 9.17) is 25.8 Å². The van der Waals surface area contributed by atoms with Crippen molar-refractivity contribution in [1.29, 1.82) is 0 Å². The van der Waals surface area contributed by atoms with Crippen molar-refractivity contribution < 1.29 is 24.1 Å². The van der Waals surface area contributed by atoms with Gasteiger partial charge in [-0.1, -0.05) is 11.6 Å². The van der Waals surface area contributed by atoms with E-state index >= 15 is 0 Å². The van der Waals surface area contributed by atoms with E-state index in [2.05, 4.69) is 10.2 Å². The molecule has 3 rings (SSSR count). The zero-order valence-corrected chi connectivity index (χ0v) is 20.0. The van der Waals surface area contributed by atoms with E-state index in [0.29, 0.717) is 48.1 Å². The number of ether oxygens (including phenoxy) is 3. The molecule has 1 heterocycles. The van der Waals surface area contributed by atoms with Crippen LogP contribution < -0.4 is 24.4 Å². The normalized spacial score (nSPS) is 14.8. The van der Waals surface area contributed by atoms with Crippen molar-refractivity contribution in [1.82, 2.24) is 10.2 Å². The first-order chi connectivity index (χ1) is 15.9. The van der Waals surface area contributed by atoms with Gasteiger partial charge in [-0.15, -0.1) is 0 Å². The summed E-state index contributed by atoms with van der Waals surface area (Å²) in [6.07, 6.45) is 0.971. The molecule has 1 aliphatic rings. The second-order valence-electron chi connectivity index (χ2n) is 8.07. The molecule has 1 atom stereocenters. The number of hydrogen-bond donors (Lipinski definition) is 2. The van der Waals surface area contributed by atoms with E-state index in [9.17, 15) is 9.90 Å². The fourth-order valence-corrected chi connectivity index (χ4v) is 3.72. The first-order valence-corrected chi connectivity index (χ1v) is 11.3. The van der Waals surface area contributed by atoms with Gasteiger partial charge in [0.2, 0.25) is 0 Å². The quantitative estimate of drug-likeness (QED) is 0.482. The summed E-state index contributed by atoms with van der Waals surface area (Å²) in [5.74, 6) is 2.02. The van der Waals surface area contributed by atoms with Crippen molar-refractivity contribution in [3.63, 3.8) is 0 Å². The molecule has 2 N–H and O–H groups in total. The average molecular weight is 478 g/mol. The van der Waals surface area contributed by atoms with Crippen molar-refractivity contribution >= 4 is 23.3 Å². The number of likely N-dealkylation sites (tertiary alicyclic amines) is 1. The number of aliphatic hydroxyl groups excluding tert-OH is 1. The highest BCUT2D eigenvalue weighted by Gasteiger charge is 2.29. The molecular weight excluding hydrogens is 446 g/mol. The highest BCUT2D eigenvalue weighted by atomic mass is 35.5. The molecule has 2 aromatic rings. The molecule has 1 aliphatic heterocycles. The lowest BCUT2D eigenvalue weighted by Crippen LogP contribution is -2.55. The summed E-state index contributed by atoms with van der Waals surface area (Å²) in [4.78, 5) is 16.1. The van der Waals surface area contributed by atoms with Gasteiger partial charge in [-0.3, -0.25) is 9.80 Å². The molecule has 2 aromatic carbocycles. The number of rotatable bonds is 11. The molecule has 8 nitrogen and oxygen atoms in total. The molecule has 1 fully saturated rings. The van der Waals surface area contributed by atoms with Gasteiger partial charge in [-0.05, 0) is 37.1 Å². The zero-order valence-electron chi connectivity index (χ0n) is 19.3. The second kappa shape index (κ2) is 12.0. The van der Waals surface area contributed by atoms with Gasteiger partial charge in [0.25, 0.3) is 0 Å². The molecule has 0 aliphatic carbocycles. The van der Waals surface area contributed by atoms with Crippen LogP contribution in [0.25, 0.3) is 0 Å². The smallest absolute Gasteiger partial charge is 0.321 e. The lowest BCUT2D eigenvalue weighted by Gasteiger charge is -2.40. The number of anilines is 1. The first kappa shape index (κ1) is 25.0. The number of carbonyl (C=O) groups is 1. The highest BCUT2D eigenvalue weighted by Crippen LogP contribution is 2.28. The Labute approximate surface area is 200 Å². The number of β-amino-alcohol motifs (C(OH)–C–C–N with tert-alkyl or cyclic N) is 1. The third-order valence-corrected chi connectivity index (χ3v) is 5.78. The zero-order chi connectivity index (χ0) is 23.8. The van der Waals surface area contributed by atoms with Crippen molar-refractivity contribution in [2.45, 2.75) is 25.0 Å². The summed E-state index contributed by atoms with van der Waals surface area (Å²) in [5.41, 5.74) is 0.664. The molecule has 180 valence electrons. The molecule has 0 radical (unpaired) electrons. The third kappa shape index (κ3) is 7.42. The number of nitrogens with zero attached hydrogens (tertiary/aromatic N) is 2. The molecule has 0 aromatic heterocycles. The second-order valence-corrected chi connectivity index (χ2v) is 8.51. The van der Waals surface area contributed by atoms with Gasteiger partial charge in [0, 0.05) is 56.4 Å². The Hall–Kier alpha value is -2.68. The monoisotopic (exact) mass is 477 g/mol. The Kier molecular flexibility index (Phi) is 9.05. The number of nitrogens with one attached hydrogen (secondary N) is 1. The van der Waals surface area contributed by atoms with Crippen LogP contribution in [0.15, 0.2) is 42.5 Å². The van der Waals surface area contributed by atoms with Crippen LogP contribution in [-0.2, 0) is 0 Å². The van der Waals surface area contributed by atoms with Gasteiger partial charge >= 0.3 is 6.03 Å². The standard InChI is InChI=1S/C24H32ClN3O5/c1-27(18-11-21(31-2)13-22(12-18)32-3)24(30)26-10-4-5-19(29)14-28-15-23(16-28)33-20-8-6-17(25)7-9-20/h6-9,11-13,19,23,29H,4-5,10,14-16H2,1-3H3,(H,26,30). The van der Waals surface area contributed by atoms with Crippen LogP contribution in [0.2, 0.25) is 5.02 Å². The Morgan fingerprint density at radius 2 is 1.79 bits per heavy atom. The lowest BCUT2D eigenvalue weighted by molar-refractivity contribution is -0.00976. The Bertz CT molecular complexity index is 883. The van der Waals surface area contributed by atoms with E-state index in [1.165, 1.54) is 4.90 Å². The van der Waals surface area contributed by atoms with Crippen LogP contribution in [0.4, 0.5) is 10.5 Å². The van der Waals surface area contributed by atoms with Crippen molar-refractivity contribution in [2.75, 3.05) is 52.3 Å². The molecule has 33 heavy (non-hydrogen) atoms. The molecular formula is C24H32ClN3O5. The first-order valence-electron chi connectivity index (χ1n) is 10.9. The largest absolute Gasteiger partial charge is 0.497 e. The molecule has 1 unspecified atom stereocenters. The number of methoxy groups -OCH3 is 2. The van der Waals surface area contributed by atoms with Gasteiger partial charge in [-0.25, -0.2) is 4.79 Å². The molecule has 9 heteroatoms. The highest BCUT2D eigenvalue weighted by molar-refractivity contribution is 6.30. The third-order valence-electron chi connectivity index (χ3n) is 5.53. The summed E-state index contributed by atoms with van der Waals surface area (Å²) in [7, 11) is 4.82. The van der Waals surface area contributed by atoms with Crippen molar-refractivity contribution in [3.05, 3.63) is 47.5 Å². The summed E-state index contributed by atoms with van der Waals surface area (Å²) >= 11 is 5.89. The Morgan fingerprint density at radius 1 is 1.15 bits per heavy atom. The number of amides is 2. The Balaban J connectivity index is 1.31. The van der Waals surface area contributed by atoms with Gasteiger partial charge in [0.05, 0.1) is 26.0 Å². The SMILES string of the molecule is COc1cc(OC)cc(N(C)C(=O)NCCCC(O)CN2CC(Oc3ccc(Cl)cc3)C2)c1. The van der Waals surface area contributed by atoms with E-state index in [1.807, 2.05) is 12.1 Å². The minimum atomic E-state index is -0.446. The number of carbonyl (C=O) groups excluding carboxylic acids is 1. The molecule has 0 bridgehead atoms. The van der Waals surface area contributed by atoms with Gasteiger partial charge in [-0.2, -0.15) is 0 Å². The van der Waals surface area contributed by atoms with Gasteiger partial charge in [0.15, 0.2) is 0 Å². The maximum atomic E-state index is 12.5. The minimum Gasteiger partial charge on any atom is -0.497 e. The predicted octanol–water partition coefficient (Wildman–Crippen LogP) is 3.41. The molecule has 0 saturated carbocycles. The maximum Gasteiger partial charge on any atom is 0.321 e. The summed E-state index contributed by atoms with van der Waals surface area (Å²) in [6, 6.07) is 12.4. The summed E-state index contributed by atoms with van der Waals surface area (Å²) < 4.78 is 16.4. The van der Waals surface area contributed by atoms with Gasteiger partial charge < -0.3 is 24.6 Å². The topological polar surface area (TPSA) is 83.5 Å². The predicted molar refractivity (Wildman–Crippen MR) is 129 cm³/mol. The number of halogens is 1. The van der Waals surface area contributed by atoms with Crippen molar-refractivity contribution in [3.8, 4) is 17.2 Å². The number of aliphatic hydroxyl groups is 1.